The highest BCUT2D eigenvalue weighted by atomic mass is 16.2. The second-order valence-electron chi connectivity index (χ2n) is 5.90. The third kappa shape index (κ3) is 3.29. The van der Waals surface area contributed by atoms with Crippen LogP contribution >= 0.6 is 0 Å². The van der Waals surface area contributed by atoms with Crippen LogP contribution in [0.2, 0.25) is 0 Å². The number of hydrazone groups is 1. The molecule has 1 aliphatic carbocycles. The van der Waals surface area contributed by atoms with E-state index in [1.165, 1.54) is 11.4 Å². The topological polar surface area (TPSA) is 91.0 Å². The highest BCUT2D eigenvalue weighted by Gasteiger charge is 2.28. The van der Waals surface area contributed by atoms with E-state index in [2.05, 4.69) is 10.4 Å². The molecule has 0 saturated heterocycles. The van der Waals surface area contributed by atoms with Gasteiger partial charge in [-0.1, -0.05) is 19.3 Å². The first-order valence-corrected chi connectivity index (χ1v) is 7.72. The van der Waals surface area contributed by atoms with Crippen LogP contribution in [-0.2, 0) is 9.59 Å². The van der Waals surface area contributed by atoms with Gasteiger partial charge in [-0.05, 0) is 25.0 Å². The molecule has 0 unspecified atom stereocenters. The molecular formula is C15H21N5O2. The average molecular weight is 303 g/mol. The number of nitrogens with one attached hydrogen (secondary N) is 1. The van der Waals surface area contributed by atoms with Gasteiger partial charge in [-0.15, -0.1) is 0 Å². The smallest absolute Gasteiger partial charge is 0.263 e. The number of nitrogens with zero attached hydrogens (tertiary/aromatic N) is 3. The lowest BCUT2D eigenvalue weighted by Gasteiger charge is -2.31. The normalized spacial score (nSPS) is 22.1. The van der Waals surface area contributed by atoms with Crippen molar-refractivity contribution < 1.29 is 9.59 Å². The van der Waals surface area contributed by atoms with Gasteiger partial charge in [0.2, 0.25) is 5.91 Å². The highest BCUT2D eigenvalue weighted by Crippen LogP contribution is 2.17. The fraction of sp³-hybridized carbons (Fsp3) is 0.533. The molecule has 3 aliphatic rings. The minimum absolute atomic E-state index is 0.0281. The van der Waals surface area contributed by atoms with Crippen LogP contribution in [0.5, 0.6) is 0 Å². The number of carbonyl (C=O) groups excluding carboxylic acids is 2. The maximum atomic E-state index is 12.1. The Hall–Kier alpha value is -2.31. The summed E-state index contributed by atoms with van der Waals surface area (Å²) in [6, 6.07) is 0.239. The van der Waals surface area contributed by atoms with Crippen molar-refractivity contribution in [3.05, 3.63) is 24.0 Å². The molecule has 0 atom stereocenters. The minimum atomic E-state index is -0.207. The standard InChI is InChI=1S/C15H21N5O2/c16-11-6-7-13-18-20(15(22)10-19(13)8-11)9-14(21)17-12-4-2-1-3-5-12/h6-8,12H,1-5,9-10,16H2,(H,17,21). The quantitative estimate of drug-likeness (QED) is 0.782. The molecule has 22 heavy (non-hydrogen) atoms. The van der Waals surface area contributed by atoms with E-state index in [0.29, 0.717) is 11.5 Å². The molecule has 0 aromatic carbocycles. The third-order valence-corrected chi connectivity index (χ3v) is 4.10. The highest BCUT2D eigenvalue weighted by molar-refractivity contribution is 6.01. The molecule has 2 amide bonds. The van der Waals surface area contributed by atoms with Crippen molar-refractivity contribution in [2.75, 3.05) is 13.1 Å². The van der Waals surface area contributed by atoms with E-state index in [1.54, 1.807) is 23.3 Å². The average Bonchev–Trinajstić information content (AvgIpc) is 2.49. The van der Waals surface area contributed by atoms with E-state index >= 15 is 0 Å². The van der Waals surface area contributed by atoms with Crippen LogP contribution in [0.1, 0.15) is 32.1 Å². The van der Waals surface area contributed by atoms with E-state index in [0.717, 1.165) is 25.7 Å². The Labute approximate surface area is 129 Å². The van der Waals surface area contributed by atoms with Crippen molar-refractivity contribution in [2.45, 2.75) is 38.1 Å². The Balaban J connectivity index is 1.60. The van der Waals surface area contributed by atoms with E-state index in [9.17, 15) is 9.59 Å². The fourth-order valence-electron chi connectivity index (χ4n) is 2.96. The van der Waals surface area contributed by atoms with Gasteiger partial charge >= 0.3 is 0 Å². The molecule has 0 bridgehead atoms. The van der Waals surface area contributed by atoms with E-state index < -0.39 is 0 Å². The van der Waals surface area contributed by atoms with Crippen LogP contribution in [0.3, 0.4) is 0 Å². The molecular weight excluding hydrogens is 282 g/mol. The zero-order chi connectivity index (χ0) is 15.5. The van der Waals surface area contributed by atoms with Gasteiger partial charge in [0.15, 0.2) is 5.84 Å². The molecule has 7 heteroatoms. The van der Waals surface area contributed by atoms with Crippen molar-refractivity contribution in [1.82, 2.24) is 15.2 Å². The Morgan fingerprint density at radius 3 is 2.86 bits per heavy atom. The summed E-state index contributed by atoms with van der Waals surface area (Å²) in [7, 11) is 0. The van der Waals surface area contributed by atoms with Crippen molar-refractivity contribution in [3.8, 4) is 0 Å². The second-order valence-corrected chi connectivity index (χ2v) is 5.90. The SMILES string of the molecule is NC1=CN2CC(=O)N(CC(=O)NC3CCCCC3)N=C2C=C1. The van der Waals surface area contributed by atoms with Crippen LogP contribution in [0.15, 0.2) is 29.2 Å². The van der Waals surface area contributed by atoms with Crippen LogP contribution < -0.4 is 11.1 Å². The van der Waals surface area contributed by atoms with Gasteiger partial charge in [0.05, 0.1) is 0 Å². The number of amides is 2. The summed E-state index contributed by atoms with van der Waals surface area (Å²) in [6.07, 6.45) is 10.7. The van der Waals surface area contributed by atoms with Crippen LogP contribution in [0, 0.1) is 0 Å². The molecule has 1 fully saturated rings. The number of amidine groups is 1. The van der Waals surface area contributed by atoms with Crippen molar-refractivity contribution in [3.63, 3.8) is 0 Å². The number of hydrogen-bond acceptors (Lipinski definition) is 5. The van der Waals surface area contributed by atoms with Crippen LogP contribution in [0.25, 0.3) is 0 Å². The number of hydrogen-bond donors (Lipinski definition) is 2. The van der Waals surface area contributed by atoms with E-state index in [-0.39, 0.29) is 30.9 Å². The lowest BCUT2D eigenvalue weighted by molar-refractivity contribution is -0.137. The van der Waals surface area contributed by atoms with Crippen LogP contribution in [0.4, 0.5) is 0 Å². The van der Waals surface area contributed by atoms with Crippen molar-refractivity contribution in [2.24, 2.45) is 10.8 Å². The van der Waals surface area contributed by atoms with Crippen LogP contribution in [-0.4, -0.2) is 46.7 Å². The van der Waals surface area contributed by atoms with Gasteiger partial charge in [0.1, 0.15) is 13.1 Å². The van der Waals surface area contributed by atoms with Gasteiger partial charge < -0.3 is 16.0 Å². The lowest BCUT2D eigenvalue weighted by Crippen LogP contribution is -2.49. The predicted molar refractivity (Wildman–Crippen MR) is 82.3 cm³/mol. The number of nitrogens with two attached hydrogens (primary N) is 1. The zero-order valence-electron chi connectivity index (χ0n) is 12.5. The van der Waals surface area contributed by atoms with Gasteiger partial charge in [-0.25, -0.2) is 5.01 Å². The Kier molecular flexibility index (Phi) is 4.13. The van der Waals surface area contributed by atoms with Gasteiger partial charge in [-0.2, -0.15) is 5.10 Å². The molecule has 0 aromatic rings. The summed E-state index contributed by atoms with van der Waals surface area (Å²) in [6.45, 7) is 0.125. The molecule has 1 saturated carbocycles. The van der Waals surface area contributed by atoms with Gasteiger partial charge in [0, 0.05) is 17.9 Å². The minimum Gasteiger partial charge on any atom is -0.398 e. The molecule has 118 valence electrons. The molecule has 0 aromatic heterocycles. The molecule has 2 heterocycles. The van der Waals surface area contributed by atoms with Crippen molar-refractivity contribution in [1.29, 1.82) is 0 Å². The summed E-state index contributed by atoms with van der Waals surface area (Å²) in [5.41, 5.74) is 6.27. The molecule has 7 nitrogen and oxygen atoms in total. The first-order valence-electron chi connectivity index (χ1n) is 7.72. The summed E-state index contributed by atoms with van der Waals surface area (Å²) in [5.74, 6) is 0.272. The molecule has 3 N–H and O–H groups in total. The predicted octanol–water partition coefficient (Wildman–Crippen LogP) is 0.263. The third-order valence-electron chi connectivity index (χ3n) is 4.10. The number of rotatable bonds is 3. The van der Waals surface area contributed by atoms with E-state index in [1.807, 2.05) is 0 Å². The number of allylic oxidation sites excluding steroid dienone is 1. The summed E-state index contributed by atoms with van der Waals surface area (Å²) >= 11 is 0. The maximum Gasteiger partial charge on any atom is 0.263 e. The second kappa shape index (κ2) is 6.21. The Bertz CT molecular complexity index is 560. The molecule has 0 spiro atoms. The summed E-state index contributed by atoms with van der Waals surface area (Å²) < 4.78 is 0. The fourth-order valence-corrected chi connectivity index (χ4v) is 2.96. The van der Waals surface area contributed by atoms with Gasteiger partial charge in [0.25, 0.3) is 5.91 Å². The number of fused-ring (bicyclic) bond motifs is 1. The first-order chi connectivity index (χ1) is 10.6. The van der Waals surface area contributed by atoms with Gasteiger partial charge in [-0.3, -0.25) is 9.59 Å². The Morgan fingerprint density at radius 1 is 1.32 bits per heavy atom. The lowest BCUT2D eigenvalue weighted by atomic mass is 9.95. The zero-order valence-corrected chi connectivity index (χ0v) is 12.5. The monoisotopic (exact) mass is 303 g/mol. The molecule has 2 aliphatic heterocycles. The van der Waals surface area contributed by atoms with E-state index in [4.69, 9.17) is 5.73 Å². The summed E-state index contributed by atoms with van der Waals surface area (Å²) in [5, 5.41) is 8.47. The summed E-state index contributed by atoms with van der Waals surface area (Å²) in [4.78, 5) is 25.9. The Morgan fingerprint density at radius 2 is 2.09 bits per heavy atom. The first kappa shape index (κ1) is 14.6. The number of carbonyl (C=O) groups is 2. The molecule has 0 radical (unpaired) electrons. The van der Waals surface area contributed by atoms with Crippen molar-refractivity contribution >= 4 is 17.6 Å². The largest absolute Gasteiger partial charge is 0.398 e. The maximum absolute atomic E-state index is 12.1. The molecule has 3 rings (SSSR count).